The van der Waals surface area contributed by atoms with Gasteiger partial charge in [0, 0.05) is 7.05 Å². The Bertz CT molecular complexity index is 368. The molecule has 4 nitrogen and oxygen atoms in total. The van der Waals surface area contributed by atoms with Crippen molar-refractivity contribution in [2.24, 2.45) is 0 Å². The van der Waals surface area contributed by atoms with E-state index in [1.54, 1.807) is 25.2 Å². The van der Waals surface area contributed by atoms with Crippen LogP contribution < -0.4 is 10.6 Å². The Morgan fingerprint density at radius 2 is 2.21 bits per heavy atom. The van der Waals surface area contributed by atoms with Gasteiger partial charge in [0.2, 0.25) is 5.91 Å². The lowest BCUT2D eigenvalue weighted by Crippen LogP contribution is -2.26. The lowest BCUT2D eigenvalue weighted by molar-refractivity contribution is -0.118. The predicted molar refractivity (Wildman–Crippen MR) is 53.7 cm³/mol. The van der Waals surface area contributed by atoms with Gasteiger partial charge in [-0.1, -0.05) is 12.1 Å². The molecule has 0 radical (unpaired) electrons. The summed E-state index contributed by atoms with van der Waals surface area (Å²) in [6.45, 7) is 0.176. The smallest absolute Gasteiger partial charge is 0.239 e. The average molecular weight is 189 g/mol. The Balaban J connectivity index is 2.68. The fraction of sp³-hybridized carbons (Fsp3) is 0.200. The fourth-order valence-electron chi connectivity index (χ4n) is 0.999. The second-order valence-corrected chi connectivity index (χ2v) is 2.68. The fourth-order valence-corrected chi connectivity index (χ4v) is 0.999. The third-order valence-corrected chi connectivity index (χ3v) is 1.77. The predicted octanol–water partition coefficient (Wildman–Crippen LogP) is 0.716. The molecule has 0 spiro atoms. The van der Waals surface area contributed by atoms with Crippen LogP contribution in [0.15, 0.2) is 24.3 Å². The Morgan fingerprint density at radius 3 is 2.86 bits per heavy atom. The standard InChI is InChI=1S/C10H11N3O/c1-12-10(14)7-13-9-5-3-2-4-8(9)6-11/h2-5,13H,7H2,1H3,(H,12,14). The van der Waals surface area contributed by atoms with Crippen molar-refractivity contribution in [3.63, 3.8) is 0 Å². The van der Waals surface area contributed by atoms with E-state index < -0.39 is 0 Å². The van der Waals surface area contributed by atoms with Crippen molar-refractivity contribution in [1.29, 1.82) is 5.26 Å². The molecule has 1 amide bonds. The first kappa shape index (κ1) is 10.1. The highest BCUT2D eigenvalue weighted by molar-refractivity contribution is 5.80. The number of nitrogens with one attached hydrogen (secondary N) is 2. The first-order chi connectivity index (χ1) is 6.77. The Morgan fingerprint density at radius 1 is 1.50 bits per heavy atom. The summed E-state index contributed by atoms with van der Waals surface area (Å²) < 4.78 is 0. The second-order valence-electron chi connectivity index (χ2n) is 2.68. The third kappa shape index (κ3) is 2.49. The molecule has 0 aliphatic rings. The van der Waals surface area contributed by atoms with Crippen LogP contribution in [-0.2, 0) is 4.79 Å². The summed E-state index contributed by atoms with van der Waals surface area (Å²) in [5, 5.41) is 14.1. The van der Waals surface area contributed by atoms with Gasteiger partial charge in [0.25, 0.3) is 0 Å². The zero-order valence-corrected chi connectivity index (χ0v) is 7.87. The van der Waals surface area contributed by atoms with E-state index in [1.165, 1.54) is 0 Å². The van der Waals surface area contributed by atoms with Crippen molar-refractivity contribution in [1.82, 2.24) is 5.32 Å². The van der Waals surface area contributed by atoms with Crippen LogP contribution in [0, 0.1) is 11.3 Å². The van der Waals surface area contributed by atoms with E-state index in [0.29, 0.717) is 11.3 Å². The van der Waals surface area contributed by atoms with Crippen molar-refractivity contribution < 1.29 is 4.79 Å². The summed E-state index contributed by atoms with van der Waals surface area (Å²) in [4.78, 5) is 10.9. The summed E-state index contributed by atoms with van der Waals surface area (Å²) in [7, 11) is 1.57. The molecule has 0 heterocycles. The average Bonchev–Trinajstić information content (AvgIpc) is 2.26. The van der Waals surface area contributed by atoms with Crippen LogP contribution in [0.1, 0.15) is 5.56 Å². The number of hydrogen-bond acceptors (Lipinski definition) is 3. The van der Waals surface area contributed by atoms with Gasteiger partial charge in [-0.25, -0.2) is 0 Å². The van der Waals surface area contributed by atoms with Crippen molar-refractivity contribution >= 4 is 11.6 Å². The van der Waals surface area contributed by atoms with Gasteiger partial charge in [-0.15, -0.1) is 0 Å². The van der Waals surface area contributed by atoms with Gasteiger partial charge in [-0.3, -0.25) is 4.79 Å². The van der Waals surface area contributed by atoms with E-state index in [9.17, 15) is 4.79 Å². The molecule has 0 aromatic heterocycles. The van der Waals surface area contributed by atoms with Crippen LogP contribution in [0.4, 0.5) is 5.69 Å². The van der Waals surface area contributed by atoms with Crippen LogP contribution in [0.5, 0.6) is 0 Å². The molecule has 0 saturated carbocycles. The number of nitriles is 1. The Hall–Kier alpha value is -2.02. The highest BCUT2D eigenvalue weighted by Gasteiger charge is 2.01. The summed E-state index contributed by atoms with van der Waals surface area (Å²) in [6, 6.07) is 9.10. The minimum absolute atomic E-state index is 0.113. The third-order valence-electron chi connectivity index (χ3n) is 1.77. The maximum Gasteiger partial charge on any atom is 0.239 e. The Labute approximate surface area is 82.5 Å². The first-order valence-electron chi connectivity index (χ1n) is 4.21. The van der Waals surface area contributed by atoms with Gasteiger partial charge in [0.05, 0.1) is 17.8 Å². The maximum absolute atomic E-state index is 10.9. The van der Waals surface area contributed by atoms with Crippen molar-refractivity contribution in [2.75, 3.05) is 18.9 Å². The summed E-state index contributed by atoms with van der Waals surface area (Å²) in [6.07, 6.45) is 0. The van der Waals surface area contributed by atoms with Gasteiger partial charge < -0.3 is 10.6 Å². The van der Waals surface area contributed by atoms with E-state index in [-0.39, 0.29) is 12.5 Å². The number of anilines is 1. The van der Waals surface area contributed by atoms with Gasteiger partial charge in [0.1, 0.15) is 6.07 Å². The summed E-state index contributed by atoms with van der Waals surface area (Å²) >= 11 is 0. The molecule has 1 aromatic rings. The van der Waals surface area contributed by atoms with Gasteiger partial charge >= 0.3 is 0 Å². The highest BCUT2D eigenvalue weighted by Crippen LogP contribution is 2.12. The zero-order valence-electron chi connectivity index (χ0n) is 7.87. The highest BCUT2D eigenvalue weighted by atomic mass is 16.1. The summed E-state index contributed by atoms with van der Waals surface area (Å²) in [5.74, 6) is -0.113. The number of carbonyl (C=O) groups is 1. The van der Waals surface area contributed by atoms with E-state index in [0.717, 1.165) is 0 Å². The number of amides is 1. The van der Waals surface area contributed by atoms with Crippen LogP contribution in [0.3, 0.4) is 0 Å². The van der Waals surface area contributed by atoms with E-state index >= 15 is 0 Å². The minimum Gasteiger partial charge on any atom is -0.375 e. The van der Waals surface area contributed by atoms with Crippen LogP contribution >= 0.6 is 0 Å². The molecule has 0 aliphatic heterocycles. The molecule has 0 aliphatic carbocycles. The number of benzene rings is 1. The number of rotatable bonds is 3. The van der Waals surface area contributed by atoms with Crippen LogP contribution in [0.2, 0.25) is 0 Å². The van der Waals surface area contributed by atoms with Crippen molar-refractivity contribution in [3.05, 3.63) is 29.8 Å². The number of nitrogens with zero attached hydrogens (tertiary/aromatic N) is 1. The van der Waals surface area contributed by atoms with Gasteiger partial charge in [0.15, 0.2) is 0 Å². The number of para-hydroxylation sites is 1. The topological polar surface area (TPSA) is 64.9 Å². The number of hydrogen-bond donors (Lipinski definition) is 2. The molecular formula is C10H11N3O. The van der Waals surface area contributed by atoms with Gasteiger partial charge in [-0.05, 0) is 12.1 Å². The maximum atomic E-state index is 10.9. The van der Waals surface area contributed by atoms with Crippen LogP contribution in [-0.4, -0.2) is 19.5 Å². The van der Waals surface area contributed by atoms with Crippen LogP contribution in [0.25, 0.3) is 0 Å². The van der Waals surface area contributed by atoms with Crippen molar-refractivity contribution in [2.45, 2.75) is 0 Å². The van der Waals surface area contributed by atoms with E-state index in [1.807, 2.05) is 12.1 Å². The molecule has 0 bridgehead atoms. The quantitative estimate of drug-likeness (QED) is 0.736. The molecule has 4 heteroatoms. The summed E-state index contributed by atoms with van der Waals surface area (Å²) in [5.41, 5.74) is 1.22. The molecule has 14 heavy (non-hydrogen) atoms. The first-order valence-corrected chi connectivity index (χ1v) is 4.21. The molecule has 0 saturated heterocycles. The lowest BCUT2D eigenvalue weighted by atomic mass is 10.2. The SMILES string of the molecule is CNC(=O)CNc1ccccc1C#N. The lowest BCUT2D eigenvalue weighted by Gasteiger charge is -2.06. The number of carbonyl (C=O) groups excluding carboxylic acids is 1. The largest absolute Gasteiger partial charge is 0.375 e. The van der Waals surface area contributed by atoms with E-state index in [2.05, 4.69) is 10.6 Å². The zero-order chi connectivity index (χ0) is 10.4. The molecule has 72 valence electrons. The van der Waals surface area contributed by atoms with E-state index in [4.69, 9.17) is 5.26 Å². The second kappa shape index (κ2) is 4.87. The molecule has 0 fully saturated rings. The normalized spacial score (nSPS) is 8.86. The molecular weight excluding hydrogens is 178 g/mol. The minimum atomic E-state index is -0.113. The number of likely N-dealkylation sites (N-methyl/N-ethyl adjacent to an activating group) is 1. The molecule has 1 rings (SSSR count). The molecule has 2 N–H and O–H groups in total. The molecule has 0 atom stereocenters. The Kier molecular flexibility index (Phi) is 3.50. The van der Waals surface area contributed by atoms with Crippen molar-refractivity contribution in [3.8, 4) is 6.07 Å². The monoisotopic (exact) mass is 189 g/mol. The molecule has 1 aromatic carbocycles. The molecule has 0 unspecified atom stereocenters. The van der Waals surface area contributed by atoms with Gasteiger partial charge in [-0.2, -0.15) is 5.26 Å².